The van der Waals surface area contributed by atoms with Gasteiger partial charge in [-0.05, 0) is 74.3 Å². The molecule has 0 unspecified atom stereocenters. The highest BCUT2D eigenvalue weighted by molar-refractivity contribution is 9.11. The van der Waals surface area contributed by atoms with Gasteiger partial charge in [-0.25, -0.2) is 0 Å². The van der Waals surface area contributed by atoms with Crippen molar-refractivity contribution in [1.82, 2.24) is 0 Å². The number of nitrogens with zero attached hydrogens (tertiary/aromatic N) is 1. The molecule has 0 spiro atoms. The van der Waals surface area contributed by atoms with Gasteiger partial charge in [0, 0.05) is 27.7 Å². The molecule has 3 aromatic rings. The lowest BCUT2D eigenvalue weighted by Crippen LogP contribution is -2.36. The maximum absolute atomic E-state index is 13.5. The first-order chi connectivity index (χ1) is 18.2. The SMILES string of the molecule is COc1c(Br)cc(Br)cc1C(=O)Nc1ccc(N2CCOCC2)c(NC(=O)c2cc(Br)cc(Br)c2OC)c1. The fourth-order valence-electron chi connectivity index (χ4n) is 4.05. The van der Waals surface area contributed by atoms with Gasteiger partial charge in [-0.3, -0.25) is 9.59 Å². The van der Waals surface area contributed by atoms with Crippen LogP contribution in [0.5, 0.6) is 11.5 Å². The highest BCUT2D eigenvalue weighted by Gasteiger charge is 2.22. The molecule has 0 atom stereocenters. The number of amides is 2. The average Bonchev–Trinajstić information content (AvgIpc) is 2.88. The highest BCUT2D eigenvalue weighted by Crippen LogP contribution is 2.36. The summed E-state index contributed by atoms with van der Waals surface area (Å²) in [5, 5.41) is 5.93. The Balaban J connectivity index is 1.69. The Morgan fingerprint density at radius 3 is 1.84 bits per heavy atom. The van der Waals surface area contributed by atoms with Gasteiger partial charge < -0.3 is 29.7 Å². The number of carbonyl (C=O) groups excluding carboxylic acids is 2. The summed E-state index contributed by atoms with van der Waals surface area (Å²) < 4.78 is 19.1. The van der Waals surface area contributed by atoms with E-state index in [2.05, 4.69) is 79.3 Å². The summed E-state index contributed by atoms with van der Waals surface area (Å²) in [6.07, 6.45) is 0. The van der Waals surface area contributed by atoms with Gasteiger partial charge in [0.2, 0.25) is 0 Å². The number of morpholine rings is 1. The number of benzene rings is 3. The number of halogens is 4. The molecule has 2 amide bonds. The van der Waals surface area contributed by atoms with Crippen LogP contribution in [0.2, 0.25) is 0 Å². The molecule has 12 heteroatoms. The lowest BCUT2D eigenvalue weighted by Gasteiger charge is -2.31. The molecule has 0 radical (unpaired) electrons. The topological polar surface area (TPSA) is 89.1 Å². The molecule has 8 nitrogen and oxygen atoms in total. The van der Waals surface area contributed by atoms with Crippen molar-refractivity contribution in [2.24, 2.45) is 0 Å². The minimum absolute atomic E-state index is 0.347. The normalized spacial score (nSPS) is 13.2. The lowest BCUT2D eigenvalue weighted by atomic mass is 10.1. The van der Waals surface area contributed by atoms with E-state index in [1.807, 2.05) is 6.07 Å². The van der Waals surface area contributed by atoms with Crippen LogP contribution in [0.25, 0.3) is 0 Å². The molecule has 0 saturated carbocycles. The molecule has 1 aliphatic heterocycles. The van der Waals surface area contributed by atoms with Gasteiger partial charge in [0.25, 0.3) is 11.8 Å². The second-order valence-electron chi connectivity index (χ2n) is 8.18. The van der Waals surface area contributed by atoms with Crippen LogP contribution in [0.1, 0.15) is 20.7 Å². The van der Waals surface area contributed by atoms with Crippen LogP contribution in [0.4, 0.5) is 17.1 Å². The predicted octanol–water partition coefficient (Wildman–Crippen LogP) is 7.10. The van der Waals surface area contributed by atoms with Crippen LogP contribution in [0.15, 0.2) is 60.4 Å². The van der Waals surface area contributed by atoms with Crippen LogP contribution in [-0.2, 0) is 4.74 Å². The van der Waals surface area contributed by atoms with Crippen molar-refractivity contribution in [3.8, 4) is 11.5 Å². The quantitative estimate of drug-likeness (QED) is 0.267. The zero-order chi connectivity index (χ0) is 27.4. The van der Waals surface area contributed by atoms with Crippen molar-refractivity contribution in [3.05, 3.63) is 71.5 Å². The van der Waals surface area contributed by atoms with Crippen molar-refractivity contribution in [3.63, 3.8) is 0 Å². The average molecular weight is 777 g/mol. The highest BCUT2D eigenvalue weighted by atomic mass is 79.9. The Hall–Kier alpha value is -2.12. The van der Waals surface area contributed by atoms with Crippen molar-refractivity contribution in [2.45, 2.75) is 0 Å². The summed E-state index contributed by atoms with van der Waals surface area (Å²) in [7, 11) is 3.01. The second-order valence-corrected chi connectivity index (χ2v) is 11.7. The third-order valence-corrected chi connectivity index (χ3v) is 7.86. The van der Waals surface area contributed by atoms with Crippen LogP contribution in [0.3, 0.4) is 0 Å². The van der Waals surface area contributed by atoms with Gasteiger partial charge in [-0.15, -0.1) is 0 Å². The van der Waals surface area contributed by atoms with Crippen molar-refractivity contribution >= 4 is 92.6 Å². The maximum Gasteiger partial charge on any atom is 0.259 e. The zero-order valence-corrected chi connectivity index (χ0v) is 26.7. The smallest absolute Gasteiger partial charge is 0.259 e. The number of ether oxygens (including phenoxy) is 3. The molecule has 38 heavy (non-hydrogen) atoms. The van der Waals surface area contributed by atoms with Gasteiger partial charge in [0.05, 0.1) is 58.9 Å². The largest absolute Gasteiger partial charge is 0.495 e. The molecule has 200 valence electrons. The first kappa shape index (κ1) is 28.9. The number of anilines is 3. The van der Waals surface area contributed by atoms with Gasteiger partial charge in [0.1, 0.15) is 11.5 Å². The number of hydrogen-bond donors (Lipinski definition) is 2. The summed E-state index contributed by atoms with van der Waals surface area (Å²) >= 11 is 13.7. The van der Waals surface area contributed by atoms with Gasteiger partial charge >= 0.3 is 0 Å². The fourth-order valence-corrected chi connectivity index (χ4v) is 6.83. The maximum atomic E-state index is 13.5. The van der Waals surface area contributed by atoms with Crippen LogP contribution < -0.4 is 25.0 Å². The molecule has 1 heterocycles. The molecule has 2 N–H and O–H groups in total. The van der Waals surface area contributed by atoms with E-state index >= 15 is 0 Å². The van der Waals surface area contributed by atoms with E-state index in [9.17, 15) is 9.59 Å². The van der Waals surface area contributed by atoms with E-state index in [4.69, 9.17) is 14.2 Å². The Kier molecular flexibility index (Phi) is 9.74. The third kappa shape index (κ3) is 6.53. The Morgan fingerprint density at radius 2 is 1.32 bits per heavy atom. The van der Waals surface area contributed by atoms with E-state index in [1.165, 1.54) is 14.2 Å². The minimum atomic E-state index is -0.363. The molecule has 1 fully saturated rings. The van der Waals surface area contributed by atoms with E-state index in [-0.39, 0.29) is 11.8 Å². The summed E-state index contributed by atoms with van der Waals surface area (Å²) in [5.41, 5.74) is 2.55. The standard InChI is InChI=1S/C26H23Br4N3O5/c1-36-23-17(9-14(27)11-19(23)29)25(34)31-16-3-4-22(33-5-7-38-8-6-33)21(13-16)32-26(35)18-10-15(28)12-20(30)24(18)37-2/h3-4,9-13H,5-8H2,1-2H3,(H,31,34)(H,32,35). The van der Waals surface area contributed by atoms with E-state index in [0.717, 1.165) is 14.6 Å². The van der Waals surface area contributed by atoms with Crippen LogP contribution in [-0.4, -0.2) is 52.3 Å². The molecule has 0 aliphatic carbocycles. The molecule has 3 aromatic carbocycles. The van der Waals surface area contributed by atoms with E-state index < -0.39 is 0 Å². The van der Waals surface area contributed by atoms with Crippen LogP contribution in [0, 0.1) is 0 Å². The van der Waals surface area contributed by atoms with Gasteiger partial charge in [-0.2, -0.15) is 0 Å². The molecule has 0 aromatic heterocycles. The lowest BCUT2D eigenvalue weighted by molar-refractivity contribution is 0.101. The number of methoxy groups -OCH3 is 2. The van der Waals surface area contributed by atoms with Crippen molar-refractivity contribution in [1.29, 1.82) is 0 Å². The van der Waals surface area contributed by atoms with Crippen molar-refractivity contribution in [2.75, 3.05) is 56.1 Å². The van der Waals surface area contributed by atoms with E-state index in [1.54, 1.807) is 36.4 Å². The van der Waals surface area contributed by atoms with Crippen molar-refractivity contribution < 1.29 is 23.8 Å². The number of hydrogen-bond acceptors (Lipinski definition) is 6. The molecule has 1 saturated heterocycles. The number of nitrogens with one attached hydrogen (secondary N) is 2. The second kappa shape index (κ2) is 12.8. The third-order valence-electron chi connectivity index (χ3n) is 5.77. The summed E-state index contributed by atoms with van der Waals surface area (Å²) in [4.78, 5) is 28.8. The molecular weight excluding hydrogens is 754 g/mol. The first-order valence-corrected chi connectivity index (χ1v) is 14.5. The summed E-state index contributed by atoms with van der Waals surface area (Å²) in [6, 6.07) is 12.4. The van der Waals surface area contributed by atoms with Crippen LogP contribution >= 0.6 is 63.7 Å². The number of rotatable bonds is 7. The Morgan fingerprint density at radius 1 is 0.789 bits per heavy atom. The monoisotopic (exact) mass is 773 g/mol. The first-order valence-electron chi connectivity index (χ1n) is 11.4. The molecular formula is C26H23Br4N3O5. The molecule has 4 rings (SSSR count). The fraction of sp³-hybridized carbons (Fsp3) is 0.231. The number of carbonyl (C=O) groups is 2. The van der Waals surface area contributed by atoms with E-state index in [0.29, 0.717) is 69.2 Å². The van der Waals surface area contributed by atoms with Gasteiger partial charge in [-0.1, -0.05) is 31.9 Å². The van der Waals surface area contributed by atoms with Gasteiger partial charge in [0.15, 0.2) is 0 Å². The molecule has 0 bridgehead atoms. The summed E-state index contributed by atoms with van der Waals surface area (Å²) in [5.74, 6) is 0.101. The Bertz CT molecular complexity index is 1380. The summed E-state index contributed by atoms with van der Waals surface area (Å²) in [6.45, 7) is 2.50. The predicted molar refractivity (Wildman–Crippen MR) is 162 cm³/mol. The Labute approximate surface area is 253 Å². The zero-order valence-electron chi connectivity index (χ0n) is 20.4. The molecule has 1 aliphatic rings. The minimum Gasteiger partial charge on any atom is -0.495 e.